The van der Waals surface area contributed by atoms with Crippen LogP contribution in [0.2, 0.25) is 0 Å². The lowest BCUT2D eigenvalue weighted by molar-refractivity contribution is 0.152. The second-order valence-corrected chi connectivity index (χ2v) is 5.13. The van der Waals surface area contributed by atoms with Crippen molar-refractivity contribution in [2.24, 2.45) is 4.99 Å². The zero-order valence-electron chi connectivity index (χ0n) is 14.6. The number of hydrogen-bond donors (Lipinski definition) is 2. The Morgan fingerprint density at radius 1 is 1.22 bits per heavy atom. The van der Waals surface area contributed by atoms with Gasteiger partial charge in [-0.25, -0.2) is 4.99 Å². The summed E-state index contributed by atoms with van der Waals surface area (Å²) in [6.45, 7) is 11.7. The van der Waals surface area contributed by atoms with Crippen molar-refractivity contribution in [3.8, 4) is 5.75 Å². The van der Waals surface area contributed by atoms with Crippen LogP contribution in [0.5, 0.6) is 5.75 Å². The first-order valence-electron chi connectivity index (χ1n) is 8.01. The predicted molar refractivity (Wildman–Crippen MR) is 107 cm³/mol. The van der Waals surface area contributed by atoms with E-state index in [9.17, 15) is 0 Å². The second-order valence-electron chi connectivity index (χ2n) is 5.13. The Hall–Kier alpha value is -1.02. The molecule has 0 bridgehead atoms. The van der Waals surface area contributed by atoms with E-state index in [4.69, 9.17) is 9.47 Å². The number of guanidine groups is 1. The minimum absolute atomic E-state index is 0. The fraction of sp³-hybridized carbons (Fsp3) is 0.588. The van der Waals surface area contributed by atoms with Gasteiger partial charge in [-0.15, -0.1) is 24.0 Å². The Morgan fingerprint density at radius 2 is 2.00 bits per heavy atom. The molecular weight excluding hydrogens is 405 g/mol. The maximum atomic E-state index is 5.70. The van der Waals surface area contributed by atoms with Crippen LogP contribution in [0, 0.1) is 0 Å². The average molecular weight is 435 g/mol. The van der Waals surface area contributed by atoms with Gasteiger partial charge in [0.1, 0.15) is 5.75 Å². The van der Waals surface area contributed by atoms with Gasteiger partial charge < -0.3 is 20.1 Å². The topological polar surface area (TPSA) is 54.9 Å². The zero-order chi connectivity index (χ0) is 16.2. The van der Waals surface area contributed by atoms with Crippen molar-refractivity contribution in [2.45, 2.75) is 40.3 Å². The first-order chi connectivity index (χ1) is 10.7. The molecular formula is C17H30IN3O2. The van der Waals surface area contributed by atoms with Gasteiger partial charge in [-0.3, -0.25) is 0 Å². The number of nitrogens with one attached hydrogen (secondary N) is 2. The molecule has 6 heteroatoms. The van der Waals surface area contributed by atoms with Crippen LogP contribution < -0.4 is 15.4 Å². The number of halogens is 1. The van der Waals surface area contributed by atoms with Crippen molar-refractivity contribution in [2.75, 3.05) is 26.3 Å². The Balaban J connectivity index is 0.00000484. The summed E-state index contributed by atoms with van der Waals surface area (Å²) in [6, 6.07) is 8.06. The number of aliphatic imine (C=N–C) groups is 1. The third kappa shape index (κ3) is 10.4. The van der Waals surface area contributed by atoms with Crippen molar-refractivity contribution >= 4 is 29.9 Å². The van der Waals surface area contributed by atoms with Crippen molar-refractivity contribution < 1.29 is 9.47 Å². The molecule has 0 saturated heterocycles. The average Bonchev–Trinajstić information content (AvgIpc) is 2.49. The molecule has 0 radical (unpaired) electrons. The summed E-state index contributed by atoms with van der Waals surface area (Å²) >= 11 is 0. The van der Waals surface area contributed by atoms with Gasteiger partial charge >= 0.3 is 0 Å². The molecule has 1 rings (SSSR count). The second kappa shape index (κ2) is 13.4. The number of hydrogen-bond acceptors (Lipinski definition) is 3. The summed E-state index contributed by atoms with van der Waals surface area (Å²) in [5.41, 5.74) is 1.13. The van der Waals surface area contributed by atoms with Gasteiger partial charge in [0.15, 0.2) is 5.96 Å². The number of benzene rings is 1. The van der Waals surface area contributed by atoms with E-state index in [1.807, 2.05) is 39.0 Å². The van der Waals surface area contributed by atoms with E-state index in [1.165, 1.54) is 0 Å². The molecule has 0 saturated carbocycles. The van der Waals surface area contributed by atoms with Gasteiger partial charge in [-0.2, -0.15) is 0 Å². The maximum Gasteiger partial charge on any atom is 0.191 e. The van der Waals surface area contributed by atoms with E-state index >= 15 is 0 Å². The lowest BCUT2D eigenvalue weighted by Crippen LogP contribution is -2.39. The van der Waals surface area contributed by atoms with E-state index in [1.54, 1.807) is 0 Å². The molecule has 0 fully saturated rings. The van der Waals surface area contributed by atoms with Crippen molar-refractivity contribution in [3.05, 3.63) is 29.8 Å². The molecule has 5 nitrogen and oxygen atoms in total. The molecule has 0 aromatic heterocycles. The number of nitrogens with zero attached hydrogens (tertiary/aromatic N) is 1. The predicted octanol–water partition coefficient (Wildman–Crippen LogP) is 3.18. The fourth-order valence-corrected chi connectivity index (χ4v) is 1.89. The lowest BCUT2D eigenvalue weighted by atomic mass is 10.2. The molecule has 0 heterocycles. The van der Waals surface area contributed by atoms with Crippen LogP contribution in [0.15, 0.2) is 29.3 Å². The Morgan fingerprint density at radius 3 is 2.65 bits per heavy atom. The number of ether oxygens (including phenoxy) is 2. The highest BCUT2D eigenvalue weighted by molar-refractivity contribution is 14.0. The smallest absolute Gasteiger partial charge is 0.191 e. The molecule has 0 unspecified atom stereocenters. The Kier molecular flexibility index (Phi) is 12.8. The van der Waals surface area contributed by atoms with Crippen LogP contribution in [0.25, 0.3) is 0 Å². The van der Waals surface area contributed by atoms with Crippen molar-refractivity contribution in [1.29, 1.82) is 0 Å². The van der Waals surface area contributed by atoms with Crippen LogP contribution in [-0.2, 0) is 11.3 Å². The molecule has 0 aliphatic heterocycles. The number of rotatable bonds is 9. The van der Waals surface area contributed by atoms with Gasteiger partial charge in [0.25, 0.3) is 0 Å². The van der Waals surface area contributed by atoms with Crippen molar-refractivity contribution in [3.63, 3.8) is 0 Å². The minimum atomic E-state index is 0. The van der Waals surface area contributed by atoms with Crippen LogP contribution in [0.4, 0.5) is 0 Å². The summed E-state index contributed by atoms with van der Waals surface area (Å²) in [6.07, 6.45) is 0.177. The summed E-state index contributed by atoms with van der Waals surface area (Å²) < 4.78 is 11.0. The van der Waals surface area contributed by atoms with Crippen LogP contribution in [0.3, 0.4) is 0 Å². The Labute approximate surface area is 157 Å². The van der Waals surface area contributed by atoms with Crippen molar-refractivity contribution in [1.82, 2.24) is 10.6 Å². The van der Waals surface area contributed by atoms with Gasteiger partial charge in [-0.1, -0.05) is 12.1 Å². The van der Waals surface area contributed by atoms with Gasteiger partial charge in [0.05, 0.1) is 19.3 Å². The first-order valence-corrected chi connectivity index (χ1v) is 8.01. The highest BCUT2D eigenvalue weighted by Gasteiger charge is 2.01. The van der Waals surface area contributed by atoms with E-state index in [-0.39, 0.29) is 30.1 Å². The normalized spacial score (nSPS) is 11.1. The Bertz CT molecular complexity index is 453. The summed E-state index contributed by atoms with van der Waals surface area (Å²) in [5, 5.41) is 6.48. The molecule has 0 spiro atoms. The van der Waals surface area contributed by atoms with Crippen LogP contribution in [0.1, 0.15) is 33.3 Å². The third-order valence-corrected chi connectivity index (χ3v) is 2.78. The third-order valence-electron chi connectivity index (χ3n) is 2.78. The highest BCUT2D eigenvalue weighted by atomic mass is 127. The molecule has 0 atom stereocenters. The quantitative estimate of drug-likeness (QED) is 0.271. The highest BCUT2D eigenvalue weighted by Crippen LogP contribution is 2.15. The van der Waals surface area contributed by atoms with Gasteiger partial charge in [-0.05, 0) is 45.4 Å². The molecule has 1 aromatic carbocycles. The monoisotopic (exact) mass is 435 g/mol. The molecule has 1 aromatic rings. The minimum Gasteiger partial charge on any atom is -0.491 e. The molecule has 0 aliphatic carbocycles. The summed E-state index contributed by atoms with van der Waals surface area (Å²) in [4.78, 5) is 4.58. The molecule has 0 aliphatic rings. The van der Waals surface area contributed by atoms with Crippen LogP contribution in [-0.4, -0.2) is 38.4 Å². The largest absolute Gasteiger partial charge is 0.491 e. The fourth-order valence-electron chi connectivity index (χ4n) is 1.89. The molecule has 23 heavy (non-hydrogen) atoms. The van der Waals surface area contributed by atoms with E-state index in [2.05, 4.69) is 28.6 Å². The van der Waals surface area contributed by atoms with E-state index in [0.717, 1.165) is 37.0 Å². The zero-order valence-corrected chi connectivity index (χ0v) is 16.9. The lowest BCUT2D eigenvalue weighted by Gasteiger charge is -2.12. The molecule has 2 N–H and O–H groups in total. The van der Waals surface area contributed by atoms with Gasteiger partial charge in [0.2, 0.25) is 0 Å². The molecule has 0 amide bonds. The standard InChI is InChI=1S/C17H29N3O2.HI/c1-5-18-17(19-10-11-21-6-2)20-13-15-8-7-9-16(12-15)22-14(3)4;/h7-9,12,14H,5-6,10-11,13H2,1-4H3,(H2,18,19,20);1H. The van der Waals surface area contributed by atoms with E-state index in [0.29, 0.717) is 13.2 Å². The van der Waals surface area contributed by atoms with E-state index < -0.39 is 0 Å². The SMILES string of the molecule is CCNC(=NCc1cccc(OC(C)C)c1)NCCOCC.I. The molecule has 132 valence electrons. The maximum absolute atomic E-state index is 5.70. The summed E-state index contributed by atoms with van der Waals surface area (Å²) in [5.74, 6) is 1.69. The summed E-state index contributed by atoms with van der Waals surface area (Å²) in [7, 11) is 0. The first kappa shape index (κ1) is 22.0. The van der Waals surface area contributed by atoms with Gasteiger partial charge in [0, 0.05) is 19.7 Å². The van der Waals surface area contributed by atoms with Crippen LogP contribution >= 0.6 is 24.0 Å².